The average molecular weight is 711 g/mol. The third-order valence-electron chi connectivity index (χ3n) is 8.54. The minimum Gasteiger partial charge on any atom is -0.457 e. The van der Waals surface area contributed by atoms with Gasteiger partial charge in [0.05, 0.1) is 18.8 Å². The zero-order valence-electron chi connectivity index (χ0n) is 28.3. The van der Waals surface area contributed by atoms with E-state index in [0.717, 1.165) is 39.1 Å². The van der Waals surface area contributed by atoms with Crippen LogP contribution in [0.5, 0.6) is 11.5 Å². The molecule has 1 aromatic heterocycles. The molecule has 1 aliphatic rings. The summed E-state index contributed by atoms with van der Waals surface area (Å²) in [7, 11) is 0. The molecule has 3 atom stereocenters. The Labute approximate surface area is 307 Å². The molecule has 0 radical (unpaired) electrons. The van der Waals surface area contributed by atoms with Crippen molar-refractivity contribution in [3.8, 4) is 22.6 Å². The van der Waals surface area contributed by atoms with Crippen LogP contribution in [0.2, 0.25) is 0 Å². The molecule has 1 fully saturated rings. The van der Waals surface area contributed by atoms with Crippen LogP contribution in [-0.4, -0.2) is 33.0 Å². The Morgan fingerprint density at radius 3 is 2.23 bits per heavy atom. The molecule has 0 spiro atoms. The molecule has 7 rings (SSSR count). The van der Waals surface area contributed by atoms with Crippen LogP contribution in [0.25, 0.3) is 11.1 Å². The summed E-state index contributed by atoms with van der Waals surface area (Å²) >= 11 is 1.56. The predicted molar refractivity (Wildman–Crippen MR) is 202 cm³/mol. The lowest BCUT2D eigenvalue weighted by atomic mass is 9.99. The van der Waals surface area contributed by atoms with E-state index in [9.17, 15) is 9.90 Å². The molecule has 9 nitrogen and oxygen atoms in total. The van der Waals surface area contributed by atoms with Crippen LogP contribution in [0, 0.1) is 0 Å². The van der Waals surface area contributed by atoms with Crippen molar-refractivity contribution in [3.05, 3.63) is 168 Å². The Kier molecular flexibility index (Phi) is 11.5. The molecule has 2 amide bonds. The van der Waals surface area contributed by atoms with Crippen LogP contribution >= 0.6 is 11.8 Å². The number of amides is 2. The third kappa shape index (κ3) is 9.42. The highest BCUT2D eigenvalue weighted by molar-refractivity contribution is 7.99. The fraction of sp³-hybridized carbons (Fsp3) is 0.167. The maximum Gasteiger partial charge on any atom is 0.319 e. The molecular weight excluding hydrogens is 673 g/mol. The SMILES string of the molecule is O=C(NCc1cccc(-c2ccc([C@@H]3O[C@H](CSc4ncccn4)C[C@H](c4ccc(CO)cc4)O3)cc2)c1)Nc1ccc(Oc2ccccc2)cc1. The molecule has 0 saturated carbocycles. The number of carbonyl (C=O) groups is 1. The molecule has 1 aliphatic heterocycles. The molecule has 6 aromatic rings. The topological polar surface area (TPSA) is 115 Å². The maximum absolute atomic E-state index is 12.7. The highest BCUT2D eigenvalue weighted by Gasteiger charge is 2.32. The Hall–Kier alpha value is -5.52. The summed E-state index contributed by atoms with van der Waals surface area (Å²) in [5.74, 6) is 2.12. The Bertz CT molecular complexity index is 2030. The summed E-state index contributed by atoms with van der Waals surface area (Å²) in [6.45, 7) is 0.362. The lowest BCUT2D eigenvalue weighted by Gasteiger charge is -2.36. The fourth-order valence-corrected chi connectivity index (χ4v) is 6.65. The molecule has 0 unspecified atom stereocenters. The second-order valence-electron chi connectivity index (χ2n) is 12.3. The summed E-state index contributed by atoms with van der Waals surface area (Å²) in [4.78, 5) is 21.4. The number of nitrogens with one attached hydrogen (secondary N) is 2. The maximum atomic E-state index is 12.7. The van der Waals surface area contributed by atoms with E-state index in [4.69, 9.17) is 14.2 Å². The number of aliphatic hydroxyl groups excluding tert-OH is 1. The van der Waals surface area contributed by atoms with E-state index in [1.165, 1.54) is 0 Å². The first kappa shape index (κ1) is 34.9. The summed E-state index contributed by atoms with van der Waals surface area (Å²) < 4.78 is 18.9. The summed E-state index contributed by atoms with van der Waals surface area (Å²) in [5, 5.41) is 16.1. The molecular formula is C42H38N4O5S. The van der Waals surface area contributed by atoms with Crippen molar-refractivity contribution in [2.24, 2.45) is 0 Å². The summed E-state index contributed by atoms with van der Waals surface area (Å²) in [6.07, 6.45) is 3.33. The molecule has 5 aromatic carbocycles. The van der Waals surface area contributed by atoms with E-state index in [2.05, 4.69) is 44.9 Å². The normalized spacial score (nSPS) is 16.9. The summed E-state index contributed by atoms with van der Waals surface area (Å²) in [5.41, 5.74) is 6.52. The first-order valence-corrected chi connectivity index (χ1v) is 18.0. The number of carbonyl (C=O) groups excluding carboxylic acids is 1. The largest absolute Gasteiger partial charge is 0.457 e. The molecule has 52 heavy (non-hydrogen) atoms. The number of urea groups is 1. The van der Waals surface area contributed by atoms with Crippen LogP contribution in [0.1, 0.15) is 41.1 Å². The fourth-order valence-electron chi connectivity index (χ4n) is 5.83. The van der Waals surface area contributed by atoms with Gasteiger partial charge in [-0.05, 0) is 76.3 Å². The van der Waals surface area contributed by atoms with Gasteiger partial charge in [0.2, 0.25) is 0 Å². The number of aliphatic hydroxyl groups is 1. The molecule has 0 bridgehead atoms. The Balaban J connectivity index is 0.968. The smallest absolute Gasteiger partial charge is 0.319 e. The second kappa shape index (κ2) is 17.1. The van der Waals surface area contributed by atoms with Crippen LogP contribution < -0.4 is 15.4 Å². The van der Waals surface area contributed by atoms with Gasteiger partial charge in [-0.1, -0.05) is 96.7 Å². The number of hydrogen-bond acceptors (Lipinski definition) is 8. The van der Waals surface area contributed by atoms with Crippen molar-refractivity contribution in [3.63, 3.8) is 0 Å². The quantitative estimate of drug-likeness (QED) is 0.0852. The number of ether oxygens (including phenoxy) is 3. The summed E-state index contributed by atoms with van der Waals surface area (Å²) in [6, 6.07) is 42.5. The van der Waals surface area contributed by atoms with Gasteiger partial charge in [0.15, 0.2) is 11.4 Å². The van der Waals surface area contributed by atoms with Crippen molar-refractivity contribution in [2.45, 2.75) is 43.2 Å². The van der Waals surface area contributed by atoms with Crippen molar-refractivity contribution in [1.29, 1.82) is 0 Å². The molecule has 2 heterocycles. The first-order chi connectivity index (χ1) is 25.6. The minimum absolute atomic E-state index is 0.00338. The third-order valence-corrected chi connectivity index (χ3v) is 9.55. The number of anilines is 1. The van der Waals surface area contributed by atoms with Crippen molar-refractivity contribution in [1.82, 2.24) is 15.3 Å². The van der Waals surface area contributed by atoms with E-state index in [-0.39, 0.29) is 24.8 Å². The molecule has 262 valence electrons. The van der Waals surface area contributed by atoms with Crippen LogP contribution in [0.4, 0.5) is 10.5 Å². The van der Waals surface area contributed by atoms with Gasteiger partial charge >= 0.3 is 6.03 Å². The number of para-hydroxylation sites is 1. The zero-order chi connectivity index (χ0) is 35.5. The highest BCUT2D eigenvalue weighted by Crippen LogP contribution is 2.39. The van der Waals surface area contributed by atoms with Gasteiger partial charge in [-0.25, -0.2) is 14.8 Å². The first-order valence-electron chi connectivity index (χ1n) is 17.1. The highest BCUT2D eigenvalue weighted by atomic mass is 32.2. The van der Waals surface area contributed by atoms with Gasteiger partial charge < -0.3 is 30.0 Å². The lowest BCUT2D eigenvalue weighted by molar-refractivity contribution is -0.245. The Morgan fingerprint density at radius 1 is 0.750 bits per heavy atom. The van der Waals surface area contributed by atoms with E-state index in [1.54, 1.807) is 42.4 Å². The minimum atomic E-state index is -0.561. The van der Waals surface area contributed by atoms with E-state index in [0.29, 0.717) is 35.3 Å². The van der Waals surface area contributed by atoms with E-state index >= 15 is 0 Å². The van der Waals surface area contributed by atoms with Crippen molar-refractivity contribution >= 4 is 23.5 Å². The molecule has 10 heteroatoms. The number of aromatic nitrogens is 2. The number of thioether (sulfide) groups is 1. The standard InChI is InChI=1S/C42H38N4O5S/c47-27-29-10-12-32(13-11-29)39-25-38(28-52-42-43-22-5-23-44-42)50-40(51-39)33-16-14-31(15-17-33)34-7-4-6-30(24-34)26-45-41(48)46-35-18-20-37(21-19-35)49-36-8-2-1-3-9-36/h1-24,38-40,47H,25-28H2,(H2,45,46,48)/t38-,39+,40+/m0/s1. The molecule has 1 saturated heterocycles. The van der Waals surface area contributed by atoms with Gasteiger partial charge in [-0.3, -0.25) is 0 Å². The molecule has 0 aliphatic carbocycles. The molecule has 3 N–H and O–H groups in total. The van der Waals surface area contributed by atoms with Gasteiger partial charge in [0.1, 0.15) is 11.5 Å². The average Bonchev–Trinajstić information content (AvgIpc) is 3.21. The number of hydrogen-bond donors (Lipinski definition) is 3. The van der Waals surface area contributed by atoms with Gasteiger partial charge in [0.25, 0.3) is 0 Å². The van der Waals surface area contributed by atoms with Crippen molar-refractivity contribution < 1.29 is 24.1 Å². The second-order valence-corrected chi connectivity index (χ2v) is 13.2. The lowest BCUT2D eigenvalue weighted by Crippen LogP contribution is -2.31. The van der Waals surface area contributed by atoms with Crippen LogP contribution in [-0.2, 0) is 22.6 Å². The Morgan fingerprint density at radius 2 is 1.48 bits per heavy atom. The number of benzene rings is 5. The van der Waals surface area contributed by atoms with Crippen LogP contribution in [0.15, 0.2) is 151 Å². The van der Waals surface area contributed by atoms with Gasteiger partial charge in [-0.2, -0.15) is 0 Å². The number of nitrogens with zero attached hydrogens (tertiary/aromatic N) is 2. The zero-order valence-corrected chi connectivity index (χ0v) is 29.1. The van der Waals surface area contributed by atoms with Gasteiger partial charge in [-0.15, -0.1) is 0 Å². The van der Waals surface area contributed by atoms with E-state index in [1.807, 2.05) is 91.0 Å². The van der Waals surface area contributed by atoms with Crippen molar-refractivity contribution in [2.75, 3.05) is 11.1 Å². The number of rotatable bonds is 12. The van der Waals surface area contributed by atoms with E-state index < -0.39 is 6.29 Å². The monoisotopic (exact) mass is 710 g/mol. The van der Waals surface area contributed by atoms with Gasteiger partial charge in [0, 0.05) is 42.4 Å². The van der Waals surface area contributed by atoms with Crippen LogP contribution in [0.3, 0.4) is 0 Å². The predicted octanol–water partition coefficient (Wildman–Crippen LogP) is 9.09.